The van der Waals surface area contributed by atoms with Gasteiger partial charge in [0.05, 0.1) is 6.33 Å². The molecule has 0 aromatic carbocycles. The third-order valence-electron chi connectivity index (χ3n) is 3.39. The highest BCUT2D eigenvalue weighted by Crippen LogP contribution is 2.39. The van der Waals surface area contributed by atoms with Gasteiger partial charge in [-0.15, -0.1) is 0 Å². The van der Waals surface area contributed by atoms with Crippen LogP contribution in [-0.2, 0) is 16.1 Å². The van der Waals surface area contributed by atoms with Gasteiger partial charge in [-0.1, -0.05) is 0 Å². The number of nitrogens with zero attached hydrogens (tertiary/aromatic N) is 2. The van der Waals surface area contributed by atoms with Crippen molar-refractivity contribution in [3.05, 3.63) is 18.7 Å². The van der Waals surface area contributed by atoms with Crippen molar-refractivity contribution in [2.24, 2.45) is 5.92 Å². The molecule has 1 aliphatic carbocycles. The van der Waals surface area contributed by atoms with E-state index in [1.807, 2.05) is 0 Å². The molecular formula is C12H17N3O3. The van der Waals surface area contributed by atoms with Crippen LogP contribution >= 0.6 is 0 Å². The number of rotatable bonds is 6. The summed E-state index contributed by atoms with van der Waals surface area (Å²) in [6.45, 7) is 2.09. The first-order chi connectivity index (χ1) is 8.52. The Balaban J connectivity index is 1.87. The fourth-order valence-electron chi connectivity index (χ4n) is 1.99. The monoisotopic (exact) mass is 251 g/mol. The molecule has 2 N–H and O–H groups in total. The minimum atomic E-state index is -1.12. The van der Waals surface area contributed by atoms with Crippen LogP contribution in [0.15, 0.2) is 18.7 Å². The van der Waals surface area contributed by atoms with Crippen LogP contribution in [-0.4, -0.2) is 32.1 Å². The Hall–Kier alpha value is -1.85. The van der Waals surface area contributed by atoms with Crippen LogP contribution in [0.25, 0.3) is 0 Å². The molecule has 1 amide bonds. The van der Waals surface area contributed by atoms with Gasteiger partial charge in [0.25, 0.3) is 0 Å². The third-order valence-corrected chi connectivity index (χ3v) is 3.39. The number of nitrogens with one attached hydrogen (secondary N) is 1. The molecule has 1 aliphatic rings. The molecular weight excluding hydrogens is 234 g/mol. The molecule has 0 aliphatic heterocycles. The van der Waals surface area contributed by atoms with E-state index in [4.69, 9.17) is 0 Å². The molecule has 0 saturated heterocycles. The van der Waals surface area contributed by atoms with E-state index in [-0.39, 0.29) is 18.2 Å². The van der Waals surface area contributed by atoms with Gasteiger partial charge < -0.3 is 15.0 Å². The molecule has 1 heterocycles. The number of carboxylic acid groups (broad SMARTS) is 1. The van der Waals surface area contributed by atoms with Crippen molar-refractivity contribution < 1.29 is 14.7 Å². The lowest BCUT2D eigenvalue weighted by atomic mass is 9.96. The van der Waals surface area contributed by atoms with Crippen LogP contribution in [0.5, 0.6) is 0 Å². The fraction of sp³-hybridized carbons (Fsp3) is 0.583. The summed E-state index contributed by atoms with van der Waals surface area (Å²) < 4.78 is 1.79. The third kappa shape index (κ3) is 2.69. The maximum Gasteiger partial charge on any atom is 0.329 e. The highest BCUT2D eigenvalue weighted by atomic mass is 16.4. The van der Waals surface area contributed by atoms with Crippen molar-refractivity contribution in [3.63, 3.8) is 0 Å². The molecule has 1 unspecified atom stereocenters. The second kappa shape index (κ2) is 4.80. The highest BCUT2D eigenvalue weighted by Gasteiger charge is 2.48. The first-order valence-corrected chi connectivity index (χ1v) is 6.02. The molecule has 1 aromatic heterocycles. The largest absolute Gasteiger partial charge is 0.480 e. The van der Waals surface area contributed by atoms with Gasteiger partial charge in [-0.25, -0.2) is 9.78 Å². The second-order valence-electron chi connectivity index (χ2n) is 4.88. The van der Waals surface area contributed by atoms with E-state index < -0.39 is 11.5 Å². The molecule has 1 aromatic rings. The van der Waals surface area contributed by atoms with Crippen LogP contribution in [0.4, 0.5) is 0 Å². The lowest BCUT2D eigenvalue weighted by molar-refractivity contribution is -0.148. The van der Waals surface area contributed by atoms with Gasteiger partial charge in [0, 0.05) is 25.4 Å². The Labute approximate surface area is 105 Å². The van der Waals surface area contributed by atoms with Crippen molar-refractivity contribution in [2.45, 2.75) is 38.3 Å². The summed E-state index contributed by atoms with van der Waals surface area (Å²) in [5.41, 5.74) is -1.12. The Morgan fingerprint density at radius 2 is 2.28 bits per heavy atom. The summed E-state index contributed by atoms with van der Waals surface area (Å²) in [4.78, 5) is 26.9. The predicted octanol–water partition coefficient (Wildman–Crippen LogP) is 0.643. The Morgan fingerprint density at radius 1 is 1.56 bits per heavy atom. The molecule has 18 heavy (non-hydrogen) atoms. The van der Waals surface area contributed by atoms with E-state index in [0.717, 1.165) is 12.8 Å². The number of hydrogen-bond acceptors (Lipinski definition) is 3. The number of carbonyl (C=O) groups excluding carboxylic acids is 1. The van der Waals surface area contributed by atoms with Gasteiger partial charge in [0.15, 0.2) is 0 Å². The van der Waals surface area contributed by atoms with Gasteiger partial charge in [0.1, 0.15) is 5.54 Å². The quantitative estimate of drug-likeness (QED) is 0.777. The maximum absolute atomic E-state index is 11.8. The lowest BCUT2D eigenvalue weighted by Crippen LogP contribution is -2.54. The molecule has 0 bridgehead atoms. The zero-order valence-electron chi connectivity index (χ0n) is 10.3. The molecule has 0 spiro atoms. The molecule has 1 fully saturated rings. The summed E-state index contributed by atoms with van der Waals surface area (Å²) in [5, 5.41) is 11.9. The van der Waals surface area contributed by atoms with Crippen LogP contribution in [0.2, 0.25) is 0 Å². The number of carbonyl (C=O) groups is 2. The van der Waals surface area contributed by atoms with Gasteiger partial charge in [-0.05, 0) is 25.7 Å². The summed E-state index contributed by atoms with van der Waals surface area (Å²) >= 11 is 0. The molecule has 1 saturated carbocycles. The number of imidazole rings is 1. The predicted molar refractivity (Wildman–Crippen MR) is 63.8 cm³/mol. The normalized spacial score (nSPS) is 18.1. The van der Waals surface area contributed by atoms with E-state index >= 15 is 0 Å². The van der Waals surface area contributed by atoms with E-state index in [9.17, 15) is 14.7 Å². The molecule has 1 atom stereocenters. The van der Waals surface area contributed by atoms with Gasteiger partial charge in [-0.3, -0.25) is 4.79 Å². The number of aliphatic carboxylic acids is 1. The summed E-state index contributed by atoms with van der Waals surface area (Å²) in [6.07, 6.45) is 7.03. The maximum atomic E-state index is 11.8. The van der Waals surface area contributed by atoms with Crippen molar-refractivity contribution in [1.29, 1.82) is 0 Å². The van der Waals surface area contributed by atoms with Gasteiger partial charge >= 0.3 is 5.97 Å². The number of aryl methyl sites for hydroxylation is 1. The summed E-state index contributed by atoms with van der Waals surface area (Å²) in [6, 6.07) is 0. The van der Waals surface area contributed by atoms with Crippen LogP contribution in [0, 0.1) is 5.92 Å². The number of carboxylic acids is 1. The smallest absolute Gasteiger partial charge is 0.329 e. The standard InChI is InChI=1S/C12H17N3O3/c1-12(11(17)18,9-2-3-9)14-10(16)4-6-15-7-5-13-8-15/h5,7-9H,2-4,6H2,1H3,(H,14,16)(H,17,18). The van der Waals surface area contributed by atoms with E-state index in [0.29, 0.717) is 6.54 Å². The molecule has 6 nitrogen and oxygen atoms in total. The first-order valence-electron chi connectivity index (χ1n) is 6.02. The van der Waals surface area contributed by atoms with Crippen LogP contribution in [0.3, 0.4) is 0 Å². The molecule has 98 valence electrons. The Morgan fingerprint density at radius 3 is 2.78 bits per heavy atom. The first kappa shape index (κ1) is 12.6. The SMILES string of the molecule is CC(NC(=O)CCn1ccnc1)(C(=O)O)C1CC1. The van der Waals surface area contributed by atoms with E-state index in [1.165, 1.54) is 0 Å². The second-order valence-corrected chi connectivity index (χ2v) is 4.88. The number of aromatic nitrogens is 2. The van der Waals surface area contributed by atoms with E-state index in [2.05, 4.69) is 10.3 Å². The minimum absolute atomic E-state index is 0.0622. The molecule has 0 radical (unpaired) electrons. The Kier molecular flexibility index (Phi) is 3.36. The number of amides is 1. The highest BCUT2D eigenvalue weighted by molar-refractivity contribution is 5.87. The van der Waals surface area contributed by atoms with Crippen molar-refractivity contribution in [1.82, 2.24) is 14.9 Å². The van der Waals surface area contributed by atoms with Gasteiger partial charge in [-0.2, -0.15) is 0 Å². The molecule has 6 heteroatoms. The average molecular weight is 251 g/mol. The summed E-state index contributed by atoms with van der Waals surface area (Å²) in [7, 11) is 0. The van der Waals surface area contributed by atoms with Gasteiger partial charge in [0.2, 0.25) is 5.91 Å². The van der Waals surface area contributed by atoms with Crippen molar-refractivity contribution in [3.8, 4) is 0 Å². The van der Waals surface area contributed by atoms with Crippen molar-refractivity contribution in [2.75, 3.05) is 0 Å². The lowest BCUT2D eigenvalue weighted by Gasteiger charge is -2.26. The minimum Gasteiger partial charge on any atom is -0.480 e. The molecule has 2 rings (SSSR count). The van der Waals surface area contributed by atoms with E-state index in [1.54, 1.807) is 30.2 Å². The summed E-state index contributed by atoms with van der Waals surface area (Å²) in [5.74, 6) is -1.13. The fourth-order valence-corrected chi connectivity index (χ4v) is 1.99. The van der Waals surface area contributed by atoms with Crippen LogP contribution in [0.1, 0.15) is 26.2 Å². The number of hydrogen-bond donors (Lipinski definition) is 2. The van der Waals surface area contributed by atoms with Crippen molar-refractivity contribution >= 4 is 11.9 Å². The van der Waals surface area contributed by atoms with Crippen LogP contribution < -0.4 is 5.32 Å². The average Bonchev–Trinajstić information content (AvgIpc) is 3.04. The zero-order chi connectivity index (χ0) is 13.2. The Bertz CT molecular complexity index is 439. The topological polar surface area (TPSA) is 84.2 Å². The zero-order valence-corrected chi connectivity index (χ0v) is 10.3.